The molecule has 132 valence electrons. The molecule has 0 saturated carbocycles. The fourth-order valence-electron chi connectivity index (χ4n) is 2.58. The quantitative estimate of drug-likeness (QED) is 0.412. The fourth-order valence-corrected chi connectivity index (χ4v) is 2.58. The van der Waals surface area contributed by atoms with Crippen LogP contribution in [0.1, 0.15) is 29.4 Å². The number of aromatic nitrogens is 2. The molecule has 0 aliphatic rings. The summed E-state index contributed by atoms with van der Waals surface area (Å²) in [4.78, 5) is 4.64. The van der Waals surface area contributed by atoms with E-state index in [1.807, 2.05) is 29.9 Å². The van der Waals surface area contributed by atoms with E-state index in [2.05, 4.69) is 53.6 Å². The third-order valence-electron chi connectivity index (χ3n) is 3.93. The molecule has 0 unspecified atom stereocenters. The fraction of sp³-hybridized carbons (Fsp3) is 0.444. The van der Waals surface area contributed by atoms with Crippen LogP contribution in [0.3, 0.4) is 0 Å². The number of aliphatic imine (C=N–C) groups is 1. The molecule has 0 atom stereocenters. The molecule has 2 aromatic rings. The van der Waals surface area contributed by atoms with E-state index >= 15 is 0 Å². The molecule has 5 nitrogen and oxygen atoms in total. The SMILES string of the molecule is CCNC(=NCc1ccccc1)NCCc1c(C)nn(C)c1C.I. The summed E-state index contributed by atoms with van der Waals surface area (Å²) in [5.41, 5.74) is 4.87. The summed E-state index contributed by atoms with van der Waals surface area (Å²) in [5.74, 6) is 0.857. The molecule has 1 aromatic heterocycles. The third kappa shape index (κ3) is 5.81. The standard InChI is InChI=1S/C18H27N5.HI/c1-5-19-18(21-13-16-9-7-6-8-10-16)20-12-11-17-14(2)22-23(4)15(17)3;/h6-10H,5,11-13H2,1-4H3,(H2,19,20,21);1H. The summed E-state index contributed by atoms with van der Waals surface area (Å²) in [6.45, 7) is 8.64. The van der Waals surface area contributed by atoms with Gasteiger partial charge in [-0.3, -0.25) is 4.68 Å². The van der Waals surface area contributed by atoms with Crippen LogP contribution in [0.5, 0.6) is 0 Å². The van der Waals surface area contributed by atoms with E-state index in [4.69, 9.17) is 0 Å². The topological polar surface area (TPSA) is 54.2 Å². The number of nitrogens with one attached hydrogen (secondary N) is 2. The van der Waals surface area contributed by atoms with Crippen molar-refractivity contribution in [2.45, 2.75) is 33.7 Å². The molecular weight excluding hydrogens is 413 g/mol. The van der Waals surface area contributed by atoms with E-state index in [0.717, 1.165) is 31.2 Å². The van der Waals surface area contributed by atoms with Crippen LogP contribution in [-0.2, 0) is 20.0 Å². The molecule has 0 spiro atoms. The summed E-state index contributed by atoms with van der Waals surface area (Å²) in [6, 6.07) is 10.3. The van der Waals surface area contributed by atoms with Crippen molar-refractivity contribution >= 4 is 29.9 Å². The highest BCUT2D eigenvalue weighted by molar-refractivity contribution is 14.0. The van der Waals surface area contributed by atoms with Gasteiger partial charge in [-0.25, -0.2) is 4.99 Å². The minimum absolute atomic E-state index is 0. The van der Waals surface area contributed by atoms with Crippen LogP contribution in [0, 0.1) is 13.8 Å². The lowest BCUT2D eigenvalue weighted by Crippen LogP contribution is -2.38. The van der Waals surface area contributed by atoms with E-state index < -0.39 is 0 Å². The molecule has 0 amide bonds. The second-order valence-corrected chi connectivity index (χ2v) is 5.63. The maximum atomic E-state index is 4.64. The lowest BCUT2D eigenvalue weighted by atomic mass is 10.1. The Bertz CT molecular complexity index is 649. The van der Waals surface area contributed by atoms with Gasteiger partial charge in [-0.15, -0.1) is 24.0 Å². The second kappa shape index (κ2) is 10.3. The molecule has 2 rings (SSSR count). The summed E-state index contributed by atoms with van der Waals surface area (Å²) >= 11 is 0. The van der Waals surface area contributed by atoms with Crippen molar-refractivity contribution in [1.82, 2.24) is 20.4 Å². The molecule has 0 bridgehead atoms. The highest BCUT2D eigenvalue weighted by Crippen LogP contribution is 2.11. The average molecular weight is 441 g/mol. The van der Waals surface area contributed by atoms with Gasteiger partial charge in [0.25, 0.3) is 0 Å². The molecular formula is C18H28IN5. The van der Waals surface area contributed by atoms with Crippen molar-refractivity contribution < 1.29 is 0 Å². The van der Waals surface area contributed by atoms with Crippen molar-refractivity contribution in [3.63, 3.8) is 0 Å². The Morgan fingerprint density at radius 1 is 1.17 bits per heavy atom. The third-order valence-corrected chi connectivity index (χ3v) is 3.93. The van der Waals surface area contributed by atoms with Crippen molar-refractivity contribution in [1.29, 1.82) is 0 Å². The molecule has 2 N–H and O–H groups in total. The smallest absolute Gasteiger partial charge is 0.191 e. The van der Waals surface area contributed by atoms with Crippen molar-refractivity contribution in [3.8, 4) is 0 Å². The van der Waals surface area contributed by atoms with Gasteiger partial charge in [0.15, 0.2) is 5.96 Å². The van der Waals surface area contributed by atoms with Gasteiger partial charge in [-0.1, -0.05) is 30.3 Å². The van der Waals surface area contributed by atoms with Crippen LogP contribution in [-0.4, -0.2) is 28.8 Å². The highest BCUT2D eigenvalue weighted by Gasteiger charge is 2.08. The van der Waals surface area contributed by atoms with Crippen molar-refractivity contribution in [3.05, 3.63) is 52.8 Å². The Morgan fingerprint density at radius 3 is 2.46 bits per heavy atom. The molecule has 0 fully saturated rings. The number of halogens is 1. The second-order valence-electron chi connectivity index (χ2n) is 5.63. The Hall–Kier alpha value is -1.57. The van der Waals surface area contributed by atoms with E-state index in [9.17, 15) is 0 Å². The summed E-state index contributed by atoms with van der Waals surface area (Å²) in [6.07, 6.45) is 0.946. The van der Waals surface area contributed by atoms with Gasteiger partial charge in [0.05, 0.1) is 12.2 Å². The van der Waals surface area contributed by atoms with Crippen LogP contribution in [0.4, 0.5) is 0 Å². The molecule has 0 aliphatic carbocycles. The van der Waals surface area contributed by atoms with Gasteiger partial charge >= 0.3 is 0 Å². The normalized spacial score (nSPS) is 11.1. The Labute approximate surface area is 162 Å². The van der Waals surface area contributed by atoms with Gasteiger partial charge in [0, 0.05) is 25.8 Å². The lowest BCUT2D eigenvalue weighted by molar-refractivity contribution is 0.729. The van der Waals surface area contributed by atoms with Crippen LogP contribution >= 0.6 is 24.0 Å². The van der Waals surface area contributed by atoms with E-state index in [1.165, 1.54) is 16.8 Å². The molecule has 1 heterocycles. The molecule has 0 radical (unpaired) electrons. The van der Waals surface area contributed by atoms with E-state index in [-0.39, 0.29) is 24.0 Å². The first-order chi connectivity index (χ1) is 11.1. The maximum Gasteiger partial charge on any atom is 0.191 e. The molecule has 24 heavy (non-hydrogen) atoms. The minimum atomic E-state index is 0. The van der Waals surface area contributed by atoms with Crippen LogP contribution in [0.2, 0.25) is 0 Å². The number of hydrogen-bond acceptors (Lipinski definition) is 2. The van der Waals surface area contributed by atoms with Crippen LogP contribution in [0.15, 0.2) is 35.3 Å². The minimum Gasteiger partial charge on any atom is -0.357 e. The maximum absolute atomic E-state index is 4.64. The predicted octanol–water partition coefficient (Wildman–Crippen LogP) is 2.95. The molecule has 1 aromatic carbocycles. The van der Waals surface area contributed by atoms with Gasteiger partial charge in [0.1, 0.15) is 0 Å². The van der Waals surface area contributed by atoms with Crippen LogP contribution in [0.25, 0.3) is 0 Å². The highest BCUT2D eigenvalue weighted by atomic mass is 127. The lowest BCUT2D eigenvalue weighted by Gasteiger charge is -2.11. The number of benzene rings is 1. The first kappa shape index (κ1) is 20.5. The van der Waals surface area contributed by atoms with Crippen molar-refractivity contribution in [2.24, 2.45) is 12.0 Å². The van der Waals surface area contributed by atoms with Gasteiger partial charge in [0.2, 0.25) is 0 Å². The molecule has 6 heteroatoms. The number of nitrogens with zero attached hydrogens (tertiary/aromatic N) is 3. The molecule has 0 saturated heterocycles. The summed E-state index contributed by atoms with van der Waals surface area (Å²) < 4.78 is 1.94. The Balaban J connectivity index is 0.00000288. The number of hydrogen-bond donors (Lipinski definition) is 2. The first-order valence-corrected chi connectivity index (χ1v) is 8.17. The first-order valence-electron chi connectivity index (χ1n) is 8.17. The number of aryl methyl sites for hydroxylation is 2. The number of guanidine groups is 1. The van der Waals surface area contributed by atoms with Gasteiger partial charge in [-0.2, -0.15) is 5.10 Å². The predicted molar refractivity (Wildman–Crippen MR) is 111 cm³/mol. The Kier molecular flexibility index (Phi) is 8.81. The zero-order chi connectivity index (χ0) is 16.7. The molecule has 0 aliphatic heterocycles. The van der Waals surface area contributed by atoms with Crippen molar-refractivity contribution in [2.75, 3.05) is 13.1 Å². The average Bonchev–Trinajstić information content (AvgIpc) is 2.79. The largest absolute Gasteiger partial charge is 0.357 e. The Morgan fingerprint density at radius 2 is 1.88 bits per heavy atom. The van der Waals surface area contributed by atoms with Gasteiger partial charge < -0.3 is 10.6 Å². The van der Waals surface area contributed by atoms with E-state index in [1.54, 1.807) is 0 Å². The zero-order valence-corrected chi connectivity index (χ0v) is 17.3. The van der Waals surface area contributed by atoms with E-state index in [0.29, 0.717) is 6.54 Å². The monoisotopic (exact) mass is 441 g/mol. The summed E-state index contributed by atoms with van der Waals surface area (Å²) in [7, 11) is 1.99. The summed E-state index contributed by atoms with van der Waals surface area (Å²) in [5, 5.41) is 11.2. The zero-order valence-electron chi connectivity index (χ0n) is 15.0. The van der Waals surface area contributed by atoms with Crippen LogP contribution < -0.4 is 10.6 Å². The van der Waals surface area contributed by atoms with Gasteiger partial charge in [-0.05, 0) is 38.3 Å². The number of rotatable bonds is 6.